The second-order valence-corrected chi connectivity index (χ2v) is 9.46. The summed E-state index contributed by atoms with van der Waals surface area (Å²) in [6.07, 6.45) is 17.2. The van der Waals surface area contributed by atoms with E-state index in [1.807, 2.05) is 0 Å². The Morgan fingerprint density at radius 2 is 1.37 bits per heavy atom. The lowest BCUT2D eigenvalue weighted by Gasteiger charge is -2.18. The highest BCUT2D eigenvalue weighted by Gasteiger charge is 2.20. The Labute approximate surface area is 229 Å². The number of hydrogen-bond donors (Lipinski definition) is 1. The molecule has 1 aromatic rings. The molecule has 0 radical (unpaired) electrons. The average Bonchev–Trinajstić information content (AvgIpc) is 2.91. The lowest BCUT2D eigenvalue weighted by atomic mass is 10.0. The maximum Gasteiger partial charge on any atom is 0.416 e. The fourth-order valence-corrected chi connectivity index (χ4v) is 3.90. The number of nitrogens with one attached hydrogen (secondary N) is 1. The summed E-state index contributed by atoms with van der Waals surface area (Å²) in [5, 5.41) is 2.75. The Balaban J connectivity index is 1.90. The van der Waals surface area contributed by atoms with E-state index in [4.69, 9.17) is 14.2 Å². The predicted molar refractivity (Wildman–Crippen MR) is 148 cm³/mol. The van der Waals surface area contributed by atoms with E-state index in [-0.39, 0.29) is 33.0 Å². The Morgan fingerprint density at radius 1 is 0.789 bits per heavy atom. The first-order valence-corrected chi connectivity index (χ1v) is 14.4. The van der Waals surface area contributed by atoms with Crippen molar-refractivity contribution in [3.63, 3.8) is 0 Å². The molecular formula is C29H49N3O6. The summed E-state index contributed by atoms with van der Waals surface area (Å²) in [4.78, 5) is 40.7. The van der Waals surface area contributed by atoms with Gasteiger partial charge in [-0.15, -0.1) is 0 Å². The van der Waals surface area contributed by atoms with Crippen molar-refractivity contribution >= 4 is 18.1 Å². The van der Waals surface area contributed by atoms with Gasteiger partial charge >= 0.3 is 12.2 Å². The number of aromatic nitrogens is 1. The van der Waals surface area contributed by atoms with Crippen LogP contribution in [0.5, 0.6) is 0 Å². The summed E-state index contributed by atoms with van der Waals surface area (Å²) in [6.45, 7) is 4.61. The van der Waals surface area contributed by atoms with Crippen molar-refractivity contribution in [2.24, 2.45) is 0 Å². The molecule has 1 heterocycles. The van der Waals surface area contributed by atoms with E-state index in [0.29, 0.717) is 12.2 Å². The van der Waals surface area contributed by atoms with E-state index in [1.165, 1.54) is 77.6 Å². The standard InChI is InChI=1S/C29H49N3O6/c1-3-4-5-6-7-8-9-10-11-12-13-14-16-20-31-28(34)37-23-21-36-22-24-38-29(35)32(26(2)33)25-27-18-15-17-19-30-27/h15,17-19H,3-14,16,20-25H2,1-2H3,(H,31,34). The van der Waals surface area contributed by atoms with Gasteiger partial charge in [-0.1, -0.05) is 90.0 Å². The van der Waals surface area contributed by atoms with Crippen LogP contribution >= 0.6 is 0 Å². The minimum atomic E-state index is -0.754. The topological polar surface area (TPSA) is 107 Å². The number of carbonyl (C=O) groups is 3. The van der Waals surface area contributed by atoms with Gasteiger partial charge in [0.1, 0.15) is 13.2 Å². The van der Waals surface area contributed by atoms with E-state index < -0.39 is 18.1 Å². The third kappa shape index (κ3) is 18.5. The molecule has 9 heteroatoms. The van der Waals surface area contributed by atoms with E-state index in [1.54, 1.807) is 24.4 Å². The van der Waals surface area contributed by atoms with Crippen molar-refractivity contribution in [3.8, 4) is 0 Å². The van der Waals surface area contributed by atoms with E-state index in [9.17, 15) is 14.4 Å². The van der Waals surface area contributed by atoms with Crippen molar-refractivity contribution < 1.29 is 28.6 Å². The molecule has 0 atom stereocenters. The molecule has 0 spiro atoms. The van der Waals surface area contributed by atoms with Crippen molar-refractivity contribution in [2.45, 2.75) is 104 Å². The number of nitrogens with zero attached hydrogens (tertiary/aromatic N) is 2. The highest BCUT2D eigenvalue weighted by atomic mass is 16.6. The number of alkyl carbamates (subject to hydrolysis) is 1. The van der Waals surface area contributed by atoms with Gasteiger partial charge in [0.2, 0.25) is 5.91 Å². The van der Waals surface area contributed by atoms with Gasteiger partial charge in [0.15, 0.2) is 0 Å². The Bertz CT molecular complexity index is 747. The molecule has 9 nitrogen and oxygen atoms in total. The summed E-state index contributed by atoms with van der Waals surface area (Å²) in [5.74, 6) is -0.431. The summed E-state index contributed by atoms with van der Waals surface area (Å²) in [7, 11) is 0. The molecule has 3 amide bonds. The van der Waals surface area contributed by atoms with Gasteiger partial charge in [0.25, 0.3) is 0 Å². The molecule has 1 N–H and O–H groups in total. The highest BCUT2D eigenvalue weighted by Crippen LogP contribution is 2.12. The normalized spacial score (nSPS) is 10.7. The number of rotatable bonds is 22. The SMILES string of the molecule is CCCCCCCCCCCCCCCNC(=O)OCCOCCOC(=O)N(Cc1ccccn1)C(C)=O. The first kappa shape index (κ1) is 33.3. The quantitative estimate of drug-likeness (QED) is 0.171. The number of amides is 3. The van der Waals surface area contributed by atoms with Crippen molar-refractivity contribution in [1.29, 1.82) is 0 Å². The maximum atomic E-state index is 12.2. The summed E-state index contributed by atoms with van der Waals surface area (Å²) in [6, 6.07) is 5.26. The summed E-state index contributed by atoms with van der Waals surface area (Å²) >= 11 is 0. The molecule has 0 aliphatic carbocycles. The lowest BCUT2D eigenvalue weighted by Crippen LogP contribution is -2.36. The summed E-state index contributed by atoms with van der Waals surface area (Å²) < 4.78 is 15.5. The van der Waals surface area contributed by atoms with E-state index >= 15 is 0 Å². The van der Waals surface area contributed by atoms with Crippen LogP contribution in [-0.2, 0) is 25.5 Å². The van der Waals surface area contributed by atoms with Crippen LogP contribution in [0.2, 0.25) is 0 Å². The zero-order chi connectivity index (χ0) is 27.7. The van der Waals surface area contributed by atoms with Crippen molar-refractivity contribution in [3.05, 3.63) is 30.1 Å². The first-order valence-electron chi connectivity index (χ1n) is 14.4. The molecule has 0 unspecified atom stereocenters. The number of pyridine rings is 1. The number of ether oxygens (including phenoxy) is 3. The minimum Gasteiger partial charge on any atom is -0.447 e. The molecule has 216 valence electrons. The van der Waals surface area contributed by atoms with Crippen LogP contribution in [0.25, 0.3) is 0 Å². The van der Waals surface area contributed by atoms with Crippen LogP contribution in [0.15, 0.2) is 24.4 Å². The van der Waals surface area contributed by atoms with Crippen LogP contribution in [0.4, 0.5) is 9.59 Å². The number of unbranched alkanes of at least 4 members (excludes halogenated alkanes) is 12. The lowest BCUT2D eigenvalue weighted by molar-refractivity contribution is -0.127. The van der Waals surface area contributed by atoms with E-state index in [2.05, 4.69) is 17.2 Å². The molecule has 0 aromatic carbocycles. The minimum absolute atomic E-state index is 0.0178. The van der Waals surface area contributed by atoms with Crippen molar-refractivity contribution in [2.75, 3.05) is 33.0 Å². The molecule has 1 aromatic heterocycles. The van der Waals surface area contributed by atoms with E-state index in [0.717, 1.165) is 17.7 Å². The molecule has 0 saturated heterocycles. The van der Waals surface area contributed by atoms with Crippen LogP contribution < -0.4 is 5.32 Å². The third-order valence-corrected chi connectivity index (χ3v) is 6.11. The predicted octanol–water partition coefficient (Wildman–Crippen LogP) is 6.40. The fourth-order valence-electron chi connectivity index (χ4n) is 3.90. The molecular weight excluding hydrogens is 486 g/mol. The zero-order valence-corrected chi connectivity index (χ0v) is 23.6. The summed E-state index contributed by atoms with van der Waals surface area (Å²) in [5.41, 5.74) is 0.584. The zero-order valence-electron chi connectivity index (χ0n) is 23.6. The van der Waals surface area contributed by atoms with Crippen molar-refractivity contribution in [1.82, 2.24) is 15.2 Å². The maximum absolute atomic E-state index is 12.2. The molecule has 0 saturated carbocycles. The molecule has 38 heavy (non-hydrogen) atoms. The van der Waals surface area contributed by atoms with Gasteiger partial charge in [0, 0.05) is 19.7 Å². The number of imide groups is 1. The monoisotopic (exact) mass is 535 g/mol. The second-order valence-electron chi connectivity index (χ2n) is 9.46. The molecule has 0 bridgehead atoms. The van der Waals surface area contributed by atoms with Gasteiger partial charge in [-0.2, -0.15) is 0 Å². The third-order valence-electron chi connectivity index (χ3n) is 6.11. The molecule has 0 aliphatic rings. The van der Waals surface area contributed by atoms with Crippen LogP contribution in [0.1, 0.15) is 103 Å². The molecule has 1 rings (SSSR count). The fraction of sp³-hybridized carbons (Fsp3) is 0.724. The van der Waals surface area contributed by atoms with Crippen LogP contribution in [-0.4, -0.2) is 60.9 Å². The Kier molecular flexibility index (Phi) is 20.6. The molecule has 0 aliphatic heterocycles. The highest BCUT2D eigenvalue weighted by molar-refractivity contribution is 5.90. The first-order chi connectivity index (χ1) is 18.5. The number of carbonyl (C=O) groups excluding carboxylic acids is 3. The number of hydrogen-bond acceptors (Lipinski definition) is 7. The van der Waals surface area contributed by atoms with Gasteiger partial charge in [-0.3, -0.25) is 9.78 Å². The Hall–Kier alpha value is -2.68. The van der Waals surface area contributed by atoms with Gasteiger partial charge < -0.3 is 19.5 Å². The van der Waals surface area contributed by atoms with Gasteiger partial charge in [-0.05, 0) is 18.6 Å². The largest absolute Gasteiger partial charge is 0.447 e. The van der Waals surface area contributed by atoms with Gasteiger partial charge in [-0.25, -0.2) is 14.5 Å². The van der Waals surface area contributed by atoms with Gasteiger partial charge in [0.05, 0.1) is 25.5 Å². The Morgan fingerprint density at radius 3 is 1.92 bits per heavy atom. The molecule has 0 fully saturated rings. The smallest absolute Gasteiger partial charge is 0.416 e. The average molecular weight is 536 g/mol. The van der Waals surface area contributed by atoms with Crippen LogP contribution in [0, 0.1) is 0 Å². The van der Waals surface area contributed by atoms with Crippen LogP contribution in [0.3, 0.4) is 0 Å². The second kappa shape index (κ2) is 23.4.